The van der Waals surface area contributed by atoms with E-state index in [1.54, 1.807) is 0 Å². The van der Waals surface area contributed by atoms with E-state index in [4.69, 9.17) is 14.0 Å². The Bertz CT molecular complexity index is 1670. The van der Waals surface area contributed by atoms with Crippen molar-refractivity contribution in [2.45, 2.75) is 38.9 Å². The lowest BCUT2D eigenvalue weighted by molar-refractivity contribution is 0.00578. The van der Waals surface area contributed by atoms with E-state index in [0.717, 1.165) is 39.4 Å². The number of fused-ring (bicyclic) bond motifs is 4. The maximum absolute atomic E-state index is 6.53. The van der Waals surface area contributed by atoms with E-state index >= 15 is 0 Å². The number of rotatable bonds is 2. The Morgan fingerprint density at radius 2 is 1.19 bits per heavy atom. The van der Waals surface area contributed by atoms with Crippen LogP contribution >= 0.6 is 0 Å². The van der Waals surface area contributed by atoms with E-state index in [2.05, 4.69) is 118 Å². The molecule has 0 saturated carbocycles. The van der Waals surface area contributed by atoms with Crippen LogP contribution < -0.4 is 15.1 Å². The van der Waals surface area contributed by atoms with Crippen LogP contribution in [0.15, 0.2) is 97.1 Å². The van der Waals surface area contributed by atoms with Crippen LogP contribution in [0.5, 0.6) is 11.5 Å². The molecular weight excluding hydrogens is 457 g/mol. The Morgan fingerprint density at radius 1 is 0.568 bits per heavy atom. The number of hydrogen-bond donors (Lipinski definition) is 0. The predicted molar refractivity (Wildman–Crippen MR) is 152 cm³/mol. The second-order valence-electron chi connectivity index (χ2n) is 10.9. The Labute approximate surface area is 217 Å². The van der Waals surface area contributed by atoms with E-state index < -0.39 is 18.3 Å². The topological polar surface area (TPSA) is 30.9 Å². The monoisotopic (exact) mass is 485 g/mol. The van der Waals surface area contributed by atoms with Crippen LogP contribution in [-0.4, -0.2) is 18.3 Å². The van der Waals surface area contributed by atoms with Crippen molar-refractivity contribution in [2.24, 2.45) is 0 Å². The van der Waals surface area contributed by atoms with Crippen molar-refractivity contribution in [2.75, 3.05) is 4.90 Å². The maximum atomic E-state index is 6.53. The normalized spacial score (nSPS) is 17.5. The third-order valence-electron chi connectivity index (χ3n) is 8.04. The van der Waals surface area contributed by atoms with Gasteiger partial charge in [-0.25, -0.2) is 0 Å². The number of benzene rings is 5. The molecule has 0 spiro atoms. The van der Waals surface area contributed by atoms with Gasteiger partial charge in [-0.2, -0.15) is 0 Å². The van der Waals surface area contributed by atoms with Gasteiger partial charge in [-0.1, -0.05) is 66.7 Å². The van der Waals surface area contributed by atoms with Gasteiger partial charge in [-0.15, -0.1) is 0 Å². The molecule has 182 valence electrons. The first-order chi connectivity index (χ1) is 17.8. The Kier molecular flexibility index (Phi) is 4.75. The lowest BCUT2D eigenvalue weighted by atomic mass is 9.78. The van der Waals surface area contributed by atoms with Crippen molar-refractivity contribution in [3.8, 4) is 11.5 Å². The van der Waals surface area contributed by atoms with Crippen molar-refractivity contribution in [1.29, 1.82) is 0 Å². The summed E-state index contributed by atoms with van der Waals surface area (Å²) in [5.74, 6) is 1.64. The van der Waals surface area contributed by atoms with Crippen LogP contribution in [0.1, 0.15) is 27.7 Å². The molecule has 0 unspecified atom stereocenters. The highest BCUT2D eigenvalue weighted by molar-refractivity contribution is 6.62. The second kappa shape index (κ2) is 7.85. The summed E-state index contributed by atoms with van der Waals surface area (Å²) in [5.41, 5.74) is 3.22. The minimum absolute atomic E-state index is 0.412. The molecule has 5 aromatic carbocycles. The summed E-state index contributed by atoms with van der Waals surface area (Å²) in [4.78, 5) is 2.32. The number of ether oxygens (including phenoxy) is 1. The molecule has 5 heteroatoms. The molecule has 0 amide bonds. The van der Waals surface area contributed by atoms with Crippen LogP contribution in [0.2, 0.25) is 0 Å². The van der Waals surface area contributed by atoms with Crippen molar-refractivity contribution >= 4 is 51.2 Å². The third kappa shape index (κ3) is 3.46. The number of nitrogens with zero attached hydrogens (tertiary/aromatic N) is 1. The largest absolute Gasteiger partial charge is 0.494 e. The predicted octanol–water partition coefficient (Wildman–Crippen LogP) is 7.87. The molecule has 0 aromatic heterocycles. The molecule has 1 saturated heterocycles. The van der Waals surface area contributed by atoms with Gasteiger partial charge in [0.2, 0.25) is 0 Å². The Hall–Kier alpha value is -3.80. The smallest absolute Gasteiger partial charge is 0.453 e. The van der Waals surface area contributed by atoms with Gasteiger partial charge in [0.1, 0.15) is 0 Å². The van der Waals surface area contributed by atoms with Crippen molar-refractivity contribution in [3.63, 3.8) is 0 Å². The molecule has 37 heavy (non-hydrogen) atoms. The summed E-state index contributed by atoms with van der Waals surface area (Å²) in [7, 11) is -0.456. The van der Waals surface area contributed by atoms with Crippen LogP contribution in [0.25, 0.3) is 21.5 Å². The molecule has 5 aromatic rings. The highest BCUT2D eigenvalue weighted by atomic mass is 16.7. The van der Waals surface area contributed by atoms with E-state index in [-0.39, 0.29) is 0 Å². The SMILES string of the molecule is CC1(C)OB(c2ccc3c(c2)N(c2cccc4ccccc24)c2cc4ccccc4cc2O3)OC1(C)C. The van der Waals surface area contributed by atoms with E-state index in [9.17, 15) is 0 Å². The molecule has 0 radical (unpaired) electrons. The lowest BCUT2D eigenvalue weighted by Gasteiger charge is -2.34. The van der Waals surface area contributed by atoms with Crippen LogP contribution in [-0.2, 0) is 9.31 Å². The summed E-state index contributed by atoms with van der Waals surface area (Å²) in [6.07, 6.45) is 0. The van der Waals surface area contributed by atoms with Gasteiger partial charge in [0.15, 0.2) is 11.5 Å². The molecule has 7 rings (SSSR count). The van der Waals surface area contributed by atoms with E-state index in [1.165, 1.54) is 16.2 Å². The average Bonchev–Trinajstić information content (AvgIpc) is 3.12. The molecule has 2 aliphatic heterocycles. The molecule has 4 nitrogen and oxygen atoms in total. The second-order valence-corrected chi connectivity index (χ2v) is 10.9. The fourth-order valence-electron chi connectivity index (χ4n) is 5.30. The van der Waals surface area contributed by atoms with Gasteiger partial charge < -0.3 is 18.9 Å². The summed E-state index contributed by atoms with van der Waals surface area (Å²) in [6.45, 7) is 8.33. The third-order valence-corrected chi connectivity index (χ3v) is 8.04. The number of anilines is 3. The molecule has 1 fully saturated rings. The first-order valence-corrected chi connectivity index (χ1v) is 12.8. The standard InChI is InChI=1S/C32H28BNO3/c1-31(2)32(3,4)37-33(36-31)24-16-17-29-28(20-24)34(26-15-9-13-21-10-7-8-14-25(21)26)27-18-22-11-5-6-12-23(22)19-30(27)35-29/h5-20H,1-4H3. The minimum Gasteiger partial charge on any atom is -0.453 e. The number of hydrogen-bond acceptors (Lipinski definition) is 4. The molecule has 2 aliphatic rings. The molecule has 0 bridgehead atoms. The fourth-order valence-corrected chi connectivity index (χ4v) is 5.30. The van der Waals surface area contributed by atoms with Gasteiger partial charge in [0.05, 0.1) is 28.3 Å². The quantitative estimate of drug-likeness (QED) is 0.234. The van der Waals surface area contributed by atoms with E-state index in [0.29, 0.717) is 0 Å². The zero-order chi connectivity index (χ0) is 25.4. The van der Waals surface area contributed by atoms with Gasteiger partial charge in [-0.3, -0.25) is 0 Å². The molecule has 0 atom stereocenters. The molecular formula is C32H28BNO3. The zero-order valence-corrected chi connectivity index (χ0v) is 21.5. The summed E-state index contributed by atoms with van der Waals surface area (Å²) in [5, 5.41) is 4.69. The summed E-state index contributed by atoms with van der Waals surface area (Å²) < 4.78 is 19.3. The van der Waals surface area contributed by atoms with Gasteiger partial charge in [-0.05, 0) is 79.6 Å². The van der Waals surface area contributed by atoms with Crippen molar-refractivity contribution in [1.82, 2.24) is 0 Å². The van der Waals surface area contributed by atoms with Crippen molar-refractivity contribution in [3.05, 3.63) is 97.1 Å². The Balaban J connectivity index is 1.45. The van der Waals surface area contributed by atoms with Gasteiger partial charge in [0.25, 0.3) is 0 Å². The molecule has 0 N–H and O–H groups in total. The fraction of sp³-hybridized carbons (Fsp3) is 0.188. The lowest BCUT2D eigenvalue weighted by Crippen LogP contribution is -2.41. The maximum Gasteiger partial charge on any atom is 0.494 e. The van der Waals surface area contributed by atoms with Crippen LogP contribution in [0.3, 0.4) is 0 Å². The molecule has 0 aliphatic carbocycles. The minimum atomic E-state index is -0.456. The van der Waals surface area contributed by atoms with Gasteiger partial charge in [0, 0.05) is 5.39 Å². The zero-order valence-electron chi connectivity index (χ0n) is 21.5. The molecule has 2 heterocycles. The van der Waals surface area contributed by atoms with Crippen molar-refractivity contribution < 1.29 is 14.0 Å². The summed E-state index contributed by atoms with van der Waals surface area (Å²) >= 11 is 0. The highest BCUT2D eigenvalue weighted by Gasteiger charge is 2.52. The van der Waals surface area contributed by atoms with E-state index in [1.807, 2.05) is 12.1 Å². The average molecular weight is 485 g/mol. The van der Waals surface area contributed by atoms with Crippen LogP contribution in [0.4, 0.5) is 17.1 Å². The summed E-state index contributed by atoms with van der Waals surface area (Å²) in [6, 6.07) is 33.9. The first kappa shape index (κ1) is 22.4. The van der Waals surface area contributed by atoms with Crippen LogP contribution in [0, 0.1) is 0 Å². The Morgan fingerprint density at radius 3 is 1.95 bits per heavy atom. The highest BCUT2D eigenvalue weighted by Crippen LogP contribution is 2.52. The first-order valence-electron chi connectivity index (χ1n) is 12.8. The van der Waals surface area contributed by atoms with Gasteiger partial charge >= 0.3 is 7.12 Å².